The van der Waals surface area contributed by atoms with Gasteiger partial charge >= 0.3 is 14.9 Å². The topological polar surface area (TPSA) is 116 Å². The Kier molecular flexibility index (Phi) is 14.6. The standard InChI is InChI=1S/C48H54B2F4N4O4/c1-9-27-25-55-47(33(27)11-3)41(61-49(51)52)23-39(59)45-37(15-7)35(13-5)43(57-45)30-19-17-29-18-20-31(22-32(29)21-30)44-36(14-6)38(16-8)46(58-44)40(60)24-42(62-50(53)54)48-34(12-4)28(10-2)26-56-48/h17-26,55-58H,9-16H2,1-8H3/b41-23-,42-24-. The summed E-state index contributed by atoms with van der Waals surface area (Å²) in [6.07, 6.45) is 10.7. The van der Waals surface area contributed by atoms with Crippen molar-refractivity contribution in [2.75, 3.05) is 0 Å². The highest BCUT2D eigenvalue weighted by atomic mass is 19.2. The van der Waals surface area contributed by atoms with Crippen molar-refractivity contribution >= 4 is 48.8 Å². The molecule has 0 saturated heterocycles. The minimum Gasteiger partial charge on any atom is -0.503 e. The molecule has 324 valence electrons. The van der Waals surface area contributed by atoms with Crippen LogP contribution < -0.4 is 0 Å². The number of ketones is 2. The number of carbonyl (C=O) groups is 2. The molecular weight excluding hydrogens is 794 g/mol. The summed E-state index contributed by atoms with van der Waals surface area (Å²) >= 11 is 0. The molecule has 0 fully saturated rings. The first-order valence-corrected chi connectivity index (χ1v) is 21.7. The van der Waals surface area contributed by atoms with Crippen LogP contribution in [0.2, 0.25) is 0 Å². The molecule has 14 heteroatoms. The van der Waals surface area contributed by atoms with E-state index in [0.717, 1.165) is 89.9 Å². The molecule has 2 aromatic carbocycles. The van der Waals surface area contributed by atoms with Crippen molar-refractivity contribution < 1.29 is 36.2 Å². The number of benzene rings is 2. The molecule has 6 aromatic rings. The summed E-state index contributed by atoms with van der Waals surface area (Å²) in [6, 6.07) is 12.1. The summed E-state index contributed by atoms with van der Waals surface area (Å²) in [5.41, 5.74) is 11.7. The molecule has 0 aliphatic carbocycles. The molecule has 0 spiro atoms. The van der Waals surface area contributed by atoms with E-state index in [1.807, 2.05) is 91.8 Å². The molecule has 0 aliphatic heterocycles. The average molecular weight is 849 g/mol. The van der Waals surface area contributed by atoms with Gasteiger partial charge in [0.2, 0.25) is 11.6 Å². The van der Waals surface area contributed by atoms with Crippen molar-refractivity contribution in [2.45, 2.75) is 107 Å². The van der Waals surface area contributed by atoms with Crippen LogP contribution in [0.5, 0.6) is 0 Å². The van der Waals surface area contributed by atoms with Gasteiger partial charge in [0.25, 0.3) is 0 Å². The van der Waals surface area contributed by atoms with Crippen molar-refractivity contribution in [2.24, 2.45) is 0 Å². The number of rotatable bonds is 20. The van der Waals surface area contributed by atoms with Gasteiger partial charge in [0.15, 0.2) is 0 Å². The summed E-state index contributed by atoms with van der Waals surface area (Å²) in [4.78, 5) is 41.0. The highest BCUT2D eigenvalue weighted by Crippen LogP contribution is 2.36. The molecule has 0 bridgehead atoms. The molecule has 0 atom stereocenters. The third-order valence-electron chi connectivity index (χ3n) is 11.8. The van der Waals surface area contributed by atoms with Gasteiger partial charge in [0, 0.05) is 35.9 Å². The van der Waals surface area contributed by atoms with Gasteiger partial charge in [-0.1, -0.05) is 79.7 Å². The van der Waals surface area contributed by atoms with Gasteiger partial charge in [-0.15, -0.1) is 0 Å². The summed E-state index contributed by atoms with van der Waals surface area (Å²) in [7, 11) is -6.25. The molecule has 0 saturated carbocycles. The van der Waals surface area contributed by atoms with E-state index in [1.54, 1.807) is 12.4 Å². The molecule has 4 heterocycles. The van der Waals surface area contributed by atoms with E-state index in [1.165, 1.54) is 0 Å². The molecule has 4 N–H and O–H groups in total. The van der Waals surface area contributed by atoms with Gasteiger partial charge in [-0.2, -0.15) is 0 Å². The Balaban J connectivity index is 1.41. The first-order valence-electron chi connectivity index (χ1n) is 21.7. The first kappa shape index (κ1) is 45.6. The fourth-order valence-corrected chi connectivity index (χ4v) is 8.96. The van der Waals surface area contributed by atoms with Crippen molar-refractivity contribution in [3.63, 3.8) is 0 Å². The number of hydrogen-bond donors (Lipinski definition) is 4. The summed E-state index contributed by atoms with van der Waals surface area (Å²) in [6.45, 7) is 15.8. The second-order valence-electron chi connectivity index (χ2n) is 15.1. The third-order valence-corrected chi connectivity index (χ3v) is 11.8. The van der Waals surface area contributed by atoms with Crippen LogP contribution in [-0.4, -0.2) is 46.4 Å². The van der Waals surface area contributed by atoms with Gasteiger partial charge in [0.1, 0.15) is 11.5 Å². The summed E-state index contributed by atoms with van der Waals surface area (Å²) < 4.78 is 64.9. The Morgan fingerprint density at radius 3 is 1.19 bits per heavy atom. The Labute approximate surface area is 361 Å². The number of aromatic amines is 4. The van der Waals surface area contributed by atoms with Gasteiger partial charge in [-0.25, -0.2) is 17.3 Å². The predicted octanol–water partition coefficient (Wildman–Crippen LogP) is 12.3. The third kappa shape index (κ3) is 9.01. The molecule has 0 amide bonds. The van der Waals surface area contributed by atoms with E-state index in [2.05, 4.69) is 19.9 Å². The molecule has 0 radical (unpaired) electrons. The van der Waals surface area contributed by atoms with Crippen LogP contribution in [0.15, 0.2) is 60.9 Å². The van der Waals surface area contributed by atoms with E-state index in [-0.39, 0.29) is 11.5 Å². The van der Waals surface area contributed by atoms with Gasteiger partial charge in [0.05, 0.1) is 22.8 Å². The predicted molar refractivity (Wildman–Crippen MR) is 243 cm³/mol. The van der Waals surface area contributed by atoms with Gasteiger partial charge in [-0.3, -0.25) is 9.59 Å². The van der Waals surface area contributed by atoms with Crippen molar-refractivity contribution in [1.82, 2.24) is 19.9 Å². The van der Waals surface area contributed by atoms with Crippen LogP contribution in [-0.2, 0) is 60.7 Å². The largest absolute Gasteiger partial charge is 0.796 e. The SMILES string of the molecule is CCc1c[nH]c(/C(=C/C(=O)c2[nH]c(-c3ccc4ccc(-c5[nH]c(C(=O)/C=C(\OB(F)F)c6[nH]cc(CC)c6CC)c(CC)c5CC)cc4c3)c(CC)c2CC)OB(F)F)c1CC. The molecule has 0 unspecified atom stereocenters. The second kappa shape index (κ2) is 19.9. The van der Waals surface area contributed by atoms with E-state index >= 15 is 0 Å². The average Bonchev–Trinajstić information content (AvgIpc) is 4.06. The highest BCUT2D eigenvalue weighted by molar-refractivity contribution is 6.36. The van der Waals surface area contributed by atoms with Crippen LogP contribution in [0, 0.1) is 0 Å². The quantitative estimate of drug-likeness (QED) is 0.0201. The molecule has 8 nitrogen and oxygen atoms in total. The number of hydrogen-bond acceptors (Lipinski definition) is 4. The number of halogens is 4. The monoisotopic (exact) mass is 848 g/mol. The minimum atomic E-state index is -3.12. The van der Waals surface area contributed by atoms with Gasteiger partial charge < -0.3 is 29.2 Å². The van der Waals surface area contributed by atoms with E-state index in [4.69, 9.17) is 9.31 Å². The van der Waals surface area contributed by atoms with Crippen LogP contribution in [0.3, 0.4) is 0 Å². The van der Waals surface area contributed by atoms with E-state index in [0.29, 0.717) is 74.1 Å². The van der Waals surface area contributed by atoms with Crippen LogP contribution in [0.1, 0.15) is 132 Å². The lowest BCUT2D eigenvalue weighted by Gasteiger charge is -2.10. The smallest absolute Gasteiger partial charge is 0.503 e. The Bertz CT molecular complexity index is 2470. The molecule has 62 heavy (non-hydrogen) atoms. The lowest BCUT2D eigenvalue weighted by Crippen LogP contribution is -2.09. The number of H-pyrrole nitrogens is 4. The number of carbonyl (C=O) groups excluding carboxylic acids is 2. The Hall–Kier alpha value is -5.91. The van der Waals surface area contributed by atoms with Crippen LogP contribution in [0.25, 0.3) is 44.8 Å². The number of fused-ring (bicyclic) bond motifs is 1. The normalized spacial score (nSPS) is 12.1. The Morgan fingerprint density at radius 1 is 0.500 bits per heavy atom. The Morgan fingerprint density at radius 2 is 0.871 bits per heavy atom. The number of nitrogens with one attached hydrogen (secondary N) is 4. The number of aryl methyl sites for hydroxylation is 2. The van der Waals surface area contributed by atoms with Gasteiger partial charge in [-0.05, 0) is 130 Å². The fraction of sp³-hybridized carbons (Fsp3) is 0.333. The van der Waals surface area contributed by atoms with Crippen molar-refractivity contribution in [3.8, 4) is 22.5 Å². The second-order valence-corrected chi connectivity index (χ2v) is 15.1. The summed E-state index contributed by atoms with van der Waals surface area (Å²) in [5, 5.41) is 1.87. The lowest BCUT2D eigenvalue weighted by molar-refractivity contribution is 0.103. The molecule has 6 rings (SSSR count). The van der Waals surface area contributed by atoms with Crippen LogP contribution in [0.4, 0.5) is 17.3 Å². The number of aromatic nitrogens is 4. The zero-order valence-corrected chi connectivity index (χ0v) is 36.7. The van der Waals surface area contributed by atoms with Crippen molar-refractivity contribution in [1.29, 1.82) is 0 Å². The zero-order valence-electron chi connectivity index (χ0n) is 36.7. The number of allylic oxidation sites excluding steroid dienone is 2. The van der Waals surface area contributed by atoms with Crippen LogP contribution >= 0.6 is 0 Å². The molecule has 0 aliphatic rings. The maximum absolute atomic E-state index is 14.1. The molecule has 4 aromatic heterocycles. The minimum absolute atomic E-state index is 0.211. The fourth-order valence-electron chi connectivity index (χ4n) is 8.96. The van der Waals surface area contributed by atoms with E-state index < -0.39 is 26.5 Å². The van der Waals surface area contributed by atoms with E-state index in [9.17, 15) is 26.9 Å². The molecular formula is C48H54B2F4N4O4. The maximum Gasteiger partial charge on any atom is 0.796 e. The zero-order chi connectivity index (χ0) is 44.8. The first-order chi connectivity index (χ1) is 29.9. The summed E-state index contributed by atoms with van der Waals surface area (Å²) in [5.74, 6) is -1.37. The lowest BCUT2D eigenvalue weighted by atomic mass is 9.95. The highest BCUT2D eigenvalue weighted by Gasteiger charge is 2.28. The van der Waals surface area contributed by atoms with Crippen molar-refractivity contribution in [3.05, 3.63) is 128 Å². The maximum atomic E-state index is 14.1.